The highest BCUT2D eigenvalue weighted by Crippen LogP contribution is 2.32. The predicted octanol–water partition coefficient (Wildman–Crippen LogP) is 2.78. The van der Waals surface area contributed by atoms with Crippen LogP contribution in [-0.2, 0) is 15.7 Å². The number of nitrogens with zero attached hydrogens (tertiary/aromatic N) is 3. The quantitative estimate of drug-likeness (QED) is 0.872. The maximum atomic E-state index is 13.0. The van der Waals surface area contributed by atoms with Gasteiger partial charge in [-0.05, 0) is 37.4 Å². The van der Waals surface area contributed by atoms with Crippen molar-refractivity contribution in [2.45, 2.75) is 44.6 Å². The lowest BCUT2D eigenvalue weighted by atomic mass is 9.87. The zero-order valence-corrected chi connectivity index (χ0v) is 15.8. The SMILES string of the molecule is CC(C)(C)c1cnc(NC(=O)C2(n3cccn3)CCNCC2)s1.Cl. The Labute approximate surface area is 152 Å². The standard InChI is InChI=1S/C16H23N5OS.ClH/c1-15(2,3)12-11-18-14(23-12)20-13(22)16(5-8-17-9-6-16)21-10-4-7-19-21;/h4,7,10-11,17H,5-6,8-9H2,1-3H3,(H,18,20,22);1H. The molecule has 0 bridgehead atoms. The average molecular weight is 370 g/mol. The van der Waals surface area contributed by atoms with Crippen LogP contribution < -0.4 is 10.6 Å². The van der Waals surface area contributed by atoms with E-state index in [0.717, 1.165) is 30.8 Å². The van der Waals surface area contributed by atoms with E-state index in [1.54, 1.807) is 10.9 Å². The van der Waals surface area contributed by atoms with Crippen molar-refractivity contribution in [1.29, 1.82) is 0 Å². The predicted molar refractivity (Wildman–Crippen MR) is 99.0 cm³/mol. The summed E-state index contributed by atoms with van der Waals surface area (Å²) in [5.41, 5.74) is -0.600. The molecule has 0 atom stereocenters. The molecule has 0 unspecified atom stereocenters. The molecule has 0 saturated carbocycles. The van der Waals surface area contributed by atoms with Crippen LogP contribution in [0.1, 0.15) is 38.5 Å². The minimum absolute atomic E-state index is 0. The van der Waals surface area contributed by atoms with E-state index in [1.165, 1.54) is 11.3 Å². The van der Waals surface area contributed by atoms with E-state index in [9.17, 15) is 4.79 Å². The molecule has 2 aromatic rings. The maximum Gasteiger partial charge on any atom is 0.254 e. The van der Waals surface area contributed by atoms with Gasteiger partial charge in [0.2, 0.25) is 0 Å². The highest BCUT2D eigenvalue weighted by molar-refractivity contribution is 7.15. The number of thiazole rings is 1. The molecule has 24 heavy (non-hydrogen) atoms. The molecule has 132 valence electrons. The van der Waals surface area contributed by atoms with Crippen LogP contribution in [-0.4, -0.2) is 33.8 Å². The van der Waals surface area contributed by atoms with Crippen LogP contribution >= 0.6 is 23.7 Å². The van der Waals surface area contributed by atoms with Crippen LogP contribution in [0.4, 0.5) is 5.13 Å². The Bertz CT molecular complexity index is 671. The number of anilines is 1. The first-order valence-corrected chi connectivity index (χ1v) is 8.72. The lowest BCUT2D eigenvalue weighted by Crippen LogP contribution is -2.52. The van der Waals surface area contributed by atoms with Crippen LogP contribution in [0.15, 0.2) is 24.7 Å². The van der Waals surface area contributed by atoms with Crippen molar-refractivity contribution in [2.75, 3.05) is 18.4 Å². The number of carbonyl (C=O) groups excluding carboxylic acids is 1. The van der Waals surface area contributed by atoms with Crippen molar-refractivity contribution in [1.82, 2.24) is 20.1 Å². The van der Waals surface area contributed by atoms with Gasteiger partial charge >= 0.3 is 0 Å². The summed E-state index contributed by atoms with van der Waals surface area (Å²) in [5, 5.41) is 11.3. The average Bonchev–Trinajstić information content (AvgIpc) is 3.19. The third-order valence-corrected chi connectivity index (χ3v) is 5.60. The van der Waals surface area contributed by atoms with E-state index >= 15 is 0 Å². The molecule has 2 aromatic heterocycles. The molecule has 0 aromatic carbocycles. The minimum atomic E-state index is -0.637. The van der Waals surface area contributed by atoms with Gasteiger partial charge in [-0.1, -0.05) is 20.8 Å². The summed E-state index contributed by atoms with van der Waals surface area (Å²) in [6, 6.07) is 1.86. The molecule has 1 aliphatic rings. The van der Waals surface area contributed by atoms with Gasteiger partial charge in [-0.25, -0.2) is 4.98 Å². The Hall–Kier alpha value is -1.44. The second kappa shape index (κ2) is 7.21. The highest BCUT2D eigenvalue weighted by Gasteiger charge is 2.42. The van der Waals surface area contributed by atoms with Gasteiger partial charge in [-0.15, -0.1) is 23.7 Å². The van der Waals surface area contributed by atoms with Crippen LogP contribution in [0.5, 0.6) is 0 Å². The minimum Gasteiger partial charge on any atom is -0.317 e. The number of halogens is 1. The molecule has 3 heterocycles. The highest BCUT2D eigenvalue weighted by atomic mass is 35.5. The van der Waals surface area contributed by atoms with E-state index in [4.69, 9.17) is 0 Å². The number of piperidine rings is 1. The summed E-state index contributed by atoms with van der Waals surface area (Å²) in [4.78, 5) is 18.5. The van der Waals surface area contributed by atoms with Crippen molar-refractivity contribution in [3.63, 3.8) is 0 Å². The molecule has 0 radical (unpaired) electrons. The van der Waals surface area contributed by atoms with Crippen molar-refractivity contribution in [2.24, 2.45) is 0 Å². The largest absolute Gasteiger partial charge is 0.317 e. The summed E-state index contributed by atoms with van der Waals surface area (Å²) in [6.07, 6.45) is 6.88. The van der Waals surface area contributed by atoms with Gasteiger partial charge in [0.1, 0.15) is 5.54 Å². The molecule has 0 aliphatic carbocycles. The first-order chi connectivity index (χ1) is 10.9. The summed E-state index contributed by atoms with van der Waals surface area (Å²) in [5.74, 6) is -0.0301. The van der Waals surface area contributed by atoms with Crippen LogP contribution in [0.2, 0.25) is 0 Å². The third kappa shape index (κ3) is 3.63. The Morgan fingerprint density at radius 2 is 2.08 bits per heavy atom. The van der Waals surface area contributed by atoms with Crippen molar-refractivity contribution in [3.05, 3.63) is 29.5 Å². The van der Waals surface area contributed by atoms with Gasteiger partial charge in [0.15, 0.2) is 5.13 Å². The summed E-state index contributed by atoms with van der Waals surface area (Å²) >= 11 is 1.54. The van der Waals surface area contributed by atoms with E-state index in [1.807, 2.05) is 18.5 Å². The lowest BCUT2D eigenvalue weighted by molar-refractivity contribution is -0.126. The Morgan fingerprint density at radius 1 is 1.38 bits per heavy atom. The number of aromatic nitrogens is 3. The Morgan fingerprint density at radius 3 is 2.62 bits per heavy atom. The van der Waals surface area contributed by atoms with Crippen molar-refractivity contribution < 1.29 is 4.79 Å². The van der Waals surface area contributed by atoms with Gasteiger partial charge in [0.05, 0.1) is 0 Å². The lowest BCUT2D eigenvalue weighted by Gasteiger charge is -2.36. The van der Waals surface area contributed by atoms with Crippen LogP contribution in [0, 0.1) is 0 Å². The second-order valence-electron chi connectivity index (χ2n) is 6.97. The number of hydrogen-bond donors (Lipinski definition) is 2. The molecule has 6 nitrogen and oxygen atoms in total. The molecule has 2 N–H and O–H groups in total. The Kier molecular flexibility index (Phi) is 5.67. The third-order valence-electron chi connectivity index (χ3n) is 4.26. The maximum absolute atomic E-state index is 13.0. The molecular formula is C16H24ClN5OS. The Balaban J connectivity index is 0.00000208. The van der Waals surface area contributed by atoms with Crippen molar-refractivity contribution >= 4 is 34.8 Å². The topological polar surface area (TPSA) is 71.8 Å². The summed E-state index contributed by atoms with van der Waals surface area (Å²) < 4.78 is 1.79. The van der Waals surface area contributed by atoms with Gasteiger partial charge in [-0.2, -0.15) is 5.10 Å². The fourth-order valence-electron chi connectivity index (χ4n) is 2.81. The molecule has 1 amide bonds. The van der Waals surface area contributed by atoms with Gasteiger partial charge in [-0.3, -0.25) is 14.8 Å². The molecule has 1 aliphatic heterocycles. The van der Waals surface area contributed by atoms with Crippen LogP contribution in [0.3, 0.4) is 0 Å². The van der Waals surface area contributed by atoms with E-state index in [-0.39, 0.29) is 23.7 Å². The molecule has 1 saturated heterocycles. The monoisotopic (exact) mass is 369 g/mol. The first kappa shape index (κ1) is 18.9. The number of hydrogen-bond acceptors (Lipinski definition) is 5. The molecule has 0 spiro atoms. The second-order valence-corrected chi connectivity index (χ2v) is 8.00. The number of amides is 1. The van der Waals surface area contributed by atoms with E-state index in [0.29, 0.717) is 5.13 Å². The van der Waals surface area contributed by atoms with Gasteiger partial charge < -0.3 is 5.32 Å². The molecule has 3 rings (SSSR count). The molecule has 1 fully saturated rings. The summed E-state index contributed by atoms with van der Waals surface area (Å²) in [6.45, 7) is 8.04. The van der Waals surface area contributed by atoms with E-state index in [2.05, 4.69) is 41.5 Å². The van der Waals surface area contributed by atoms with Gasteiger partial charge in [0.25, 0.3) is 5.91 Å². The number of rotatable bonds is 3. The molecule has 8 heteroatoms. The first-order valence-electron chi connectivity index (χ1n) is 7.90. The zero-order valence-electron chi connectivity index (χ0n) is 14.2. The fraction of sp³-hybridized carbons (Fsp3) is 0.562. The van der Waals surface area contributed by atoms with E-state index < -0.39 is 5.54 Å². The molecular weight excluding hydrogens is 346 g/mol. The van der Waals surface area contributed by atoms with Crippen molar-refractivity contribution in [3.8, 4) is 0 Å². The normalized spacial score (nSPS) is 17.1. The fourth-order valence-corrected chi connectivity index (χ4v) is 3.68. The zero-order chi connectivity index (χ0) is 16.5. The summed E-state index contributed by atoms with van der Waals surface area (Å²) in [7, 11) is 0. The number of carbonyl (C=O) groups is 1. The number of nitrogens with one attached hydrogen (secondary N) is 2. The van der Waals surface area contributed by atoms with Gasteiger partial charge in [0, 0.05) is 23.5 Å². The smallest absolute Gasteiger partial charge is 0.254 e. The van der Waals surface area contributed by atoms with Crippen LogP contribution in [0.25, 0.3) is 0 Å².